The molecule has 2 aromatic carbocycles. The fraction of sp³-hybridized carbons (Fsp3) is 0.500. The van der Waals surface area contributed by atoms with Crippen LogP contribution in [0.2, 0.25) is 0 Å². The van der Waals surface area contributed by atoms with Crippen LogP contribution < -0.4 is 12.4 Å². The van der Waals surface area contributed by atoms with Crippen molar-refractivity contribution in [3.63, 3.8) is 0 Å². The normalized spacial score (nSPS) is 30.2. The van der Waals surface area contributed by atoms with Gasteiger partial charge in [0, 0.05) is 35.6 Å². The van der Waals surface area contributed by atoms with Crippen LogP contribution in [0, 0.1) is 0 Å². The maximum Gasteiger partial charge on any atom is 0.316 e. The van der Waals surface area contributed by atoms with Gasteiger partial charge in [0.25, 0.3) is 0 Å². The van der Waals surface area contributed by atoms with Crippen LogP contribution in [0.25, 0.3) is 0 Å². The number of aromatic hydroxyl groups is 2. The highest BCUT2D eigenvalue weighted by Gasteiger charge is 2.53. The molecule has 0 bridgehead atoms. The Morgan fingerprint density at radius 1 is 1.14 bits per heavy atom. The van der Waals surface area contributed by atoms with Gasteiger partial charge in [0.2, 0.25) is 5.78 Å². The van der Waals surface area contributed by atoms with E-state index in [0.29, 0.717) is 0 Å². The Kier molecular flexibility index (Phi) is 8.77. The molecular weight excluding hydrogens is 570 g/mol. The first-order valence-corrected chi connectivity index (χ1v) is 13.6. The van der Waals surface area contributed by atoms with Crippen molar-refractivity contribution < 1.29 is 61.4 Å². The second-order valence-electron chi connectivity index (χ2n) is 11.3. The number of ketones is 2. The van der Waals surface area contributed by atoms with Gasteiger partial charge < -0.3 is 51.9 Å². The number of carbonyl (C=O) groups excluding carboxylic acids is 3. The van der Waals surface area contributed by atoms with Crippen LogP contribution in [0.3, 0.4) is 0 Å². The number of ether oxygens (including phenoxy) is 3. The zero-order valence-electron chi connectivity index (χ0n) is 24.0. The third-order valence-electron chi connectivity index (χ3n) is 8.77. The molecule has 228 valence electrons. The lowest BCUT2D eigenvalue weighted by Crippen LogP contribution is -3.00. The number of rotatable bonds is 5. The van der Waals surface area contributed by atoms with E-state index in [9.17, 15) is 34.8 Å². The first-order chi connectivity index (χ1) is 19.3. The second kappa shape index (κ2) is 11.6. The summed E-state index contributed by atoms with van der Waals surface area (Å²) in [5.74, 6) is -4.42. The van der Waals surface area contributed by atoms with E-state index in [1.165, 1.54) is 31.4 Å². The molecule has 11 nitrogen and oxygen atoms in total. The summed E-state index contributed by atoms with van der Waals surface area (Å²) >= 11 is 0. The van der Waals surface area contributed by atoms with Crippen LogP contribution >= 0.6 is 0 Å². The summed E-state index contributed by atoms with van der Waals surface area (Å²) in [7, 11) is 4.82. The molecule has 42 heavy (non-hydrogen) atoms. The number of benzene rings is 2. The van der Waals surface area contributed by atoms with Crippen molar-refractivity contribution in [2.24, 2.45) is 0 Å². The van der Waals surface area contributed by atoms with Crippen LogP contribution in [-0.2, 0) is 19.0 Å². The van der Waals surface area contributed by atoms with E-state index in [1.54, 1.807) is 13.8 Å². The summed E-state index contributed by atoms with van der Waals surface area (Å²) < 4.78 is 17.3. The van der Waals surface area contributed by atoms with Gasteiger partial charge in [0.05, 0.1) is 42.1 Å². The summed E-state index contributed by atoms with van der Waals surface area (Å²) in [6.07, 6.45) is -3.09. The number of carbonyl (C=O) groups is 3. The highest BCUT2D eigenvalue weighted by atomic mass is 35.5. The number of methoxy groups -OCH3 is 1. The minimum absolute atomic E-state index is 0. The van der Waals surface area contributed by atoms with Gasteiger partial charge in [-0.1, -0.05) is 19.1 Å². The van der Waals surface area contributed by atoms with Gasteiger partial charge in [-0.05, 0) is 45.1 Å². The molecule has 5 rings (SSSR count). The molecular formula is C30H35ClNO10-. The average molecular weight is 605 g/mol. The molecule has 0 spiro atoms. The maximum absolute atomic E-state index is 13.6. The fourth-order valence-electron chi connectivity index (χ4n) is 6.50. The van der Waals surface area contributed by atoms with Crippen molar-refractivity contribution in [3.8, 4) is 11.5 Å². The van der Waals surface area contributed by atoms with E-state index in [2.05, 4.69) is 0 Å². The topological polar surface area (TPSA) is 163 Å². The molecule has 2 aliphatic carbocycles. The first-order valence-electron chi connectivity index (χ1n) is 13.6. The van der Waals surface area contributed by atoms with Gasteiger partial charge in [-0.25, -0.2) is 0 Å². The van der Waals surface area contributed by atoms with Crippen LogP contribution in [0.1, 0.15) is 88.1 Å². The van der Waals surface area contributed by atoms with Gasteiger partial charge >= 0.3 is 5.97 Å². The molecule has 0 unspecified atom stereocenters. The van der Waals surface area contributed by atoms with Gasteiger partial charge in [0.15, 0.2) is 12.1 Å². The summed E-state index contributed by atoms with van der Waals surface area (Å²) in [6, 6.07) is 5.14. The SMILES string of the molecule is CC[C@@]1(O)C[C@H](O[C@H]2C[C@H](N(C)C)[C@H](O)[C@H](C)O2)c2c(cc3c(c2O)C(=O)c2c(O)cccc2C3=O)[C@H]1C(=O)OC.[Cl-]. The van der Waals surface area contributed by atoms with E-state index in [1.807, 2.05) is 19.0 Å². The summed E-state index contributed by atoms with van der Waals surface area (Å²) in [6.45, 7) is 3.41. The lowest BCUT2D eigenvalue weighted by molar-refractivity contribution is -0.258. The number of aliphatic hydroxyl groups excluding tert-OH is 1. The first kappa shape index (κ1) is 31.9. The summed E-state index contributed by atoms with van der Waals surface area (Å²) in [5.41, 5.74) is -2.27. The van der Waals surface area contributed by atoms with E-state index in [4.69, 9.17) is 14.2 Å². The minimum Gasteiger partial charge on any atom is -1.00 e. The van der Waals surface area contributed by atoms with Crippen molar-refractivity contribution in [3.05, 3.63) is 57.6 Å². The van der Waals surface area contributed by atoms with E-state index < -0.39 is 65.2 Å². The Labute approximate surface area is 249 Å². The Morgan fingerprint density at radius 2 is 1.83 bits per heavy atom. The Hall–Kier alpha value is -3.06. The standard InChI is InChI=1S/C30H35NO10.ClH/c1-6-30(38)12-19(41-20-11-17(31(3)4)25(33)13(2)40-20)22-15(24(30)29(37)39-5)10-16-23(28(22)36)27(35)21-14(26(16)34)8-7-9-18(21)32;/h7-10,13,17,19-20,24-25,32-33,36,38H,6,11-12H2,1-5H3;1H/p-1/t13-,17-,19-,20-,24-,25+,30+;/m0./s1. The monoisotopic (exact) mass is 604 g/mol. The van der Waals surface area contributed by atoms with Crippen LogP contribution in [-0.4, -0.2) is 94.2 Å². The molecule has 0 radical (unpaired) electrons. The number of hydrogen-bond acceptors (Lipinski definition) is 11. The highest BCUT2D eigenvalue weighted by molar-refractivity contribution is 6.30. The number of halogens is 1. The average Bonchev–Trinajstić information content (AvgIpc) is 2.92. The zero-order valence-corrected chi connectivity index (χ0v) is 24.7. The molecule has 2 aromatic rings. The maximum atomic E-state index is 13.6. The molecule has 7 atom stereocenters. The van der Waals surface area contributed by atoms with Crippen molar-refractivity contribution in [2.45, 2.75) is 75.3 Å². The predicted octanol–water partition coefficient (Wildman–Crippen LogP) is -0.838. The van der Waals surface area contributed by atoms with Crippen molar-refractivity contribution in [2.75, 3.05) is 21.2 Å². The molecule has 12 heteroatoms. The van der Waals surface area contributed by atoms with Crippen molar-refractivity contribution in [1.29, 1.82) is 0 Å². The van der Waals surface area contributed by atoms with Gasteiger partial charge in [-0.15, -0.1) is 0 Å². The molecule has 1 saturated heterocycles. The molecule has 3 aliphatic rings. The molecule has 0 saturated carbocycles. The number of aliphatic hydroxyl groups is 2. The zero-order chi connectivity index (χ0) is 30.0. The fourth-order valence-corrected chi connectivity index (χ4v) is 6.50. The lowest BCUT2D eigenvalue weighted by atomic mass is 9.67. The largest absolute Gasteiger partial charge is 1.00 e. The number of fused-ring (bicyclic) bond motifs is 3. The van der Waals surface area contributed by atoms with Crippen LogP contribution in [0.15, 0.2) is 24.3 Å². The summed E-state index contributed by atoms with van der Waals surface area (Å²) in [4.78, 5) is 42.1. The predicted molar refractivity (Wildman–Crippen MR) is 144 cm³/mol. The molecule has 4 N–H and O–H groups in total. The van der Waals surface area contributed by atoms with Crippen LogP contribution in [0.4, 0.5) is 0 Å². The second-order valence-corrected chi connectivity index (χ2v) is 11.3. The van der Waals surface area contributed by atoms with Gasteiger partial charge in [-0.3, -0.25) is 14.4 Å². The molecule has 0 amide bonds. The molecule has 1 heterocycles. The van der Waals surface area contributed by atoms with E-state index in [-0.39, 0.29) is 71.1 Å². The number of hydrogen-bond donors (Lipinski definition) is 4. The van der Waals surface area contributed by atoms with E-state index >= 15 is 0 Å². The van der Waals surface area contributed by atoms with Gasteiger partial charge in [-0.2, -0.15) is 0 Å². The smallest absolute Gasteiger partial charge is 0.316 e. The number of esters is 1. The third kappa shape index (κ3) is 4.87. The number of nitrogens with zero attached hydrogens (tertiary/aromatic N) is 1. The molecule has 1 fully saturated rings. The quantitative estimate of drug-likeness (QED) is 0.269. The Balaban J connectivity index is 0.00000405. The van der Waals surface area contributed by atoms with Crippen molar-refractivity contribution >= 4 is 17.5 Å². The highest BCUT2D eigenvalue weighted by Crippen LogP contribution is 2.54. The van der Waals surface area contributed by atoms with Crippen molar-refractivity contribution in [1.82, 2.24) is 4.90 Å². The molecule has 0 aromatic heterocycles. The van der Waals surface area contributed by atoms with Gasteiger partial charge in [0.1, 0.15) is 17.4 Å². The number of phenols is 2. The lowest BCUT2D eigenvalue weighted by Gasteiger charge is -2.46. The number of phenolic OH excluding ortho intramolecular Hbond substituents is 2. The van der Waals surface area contributed by atoms with Crippen LogP contribution in [0.5, 0.6) is 11.5 Å². The Bertz CT molecular complexity index is 1430. The Morgan fingerprint density at radius 3 is 2.45 bits per heavy atom. The third-order valence-corrected chi connectivity index (χ3v) is 8.77. The summed E-state index contributed by atoms with van der Waals surface area (Å²) in [5, 5.41) is 44.5. The molecule has 1 aliphatic heterocycles. The van der Waals surface area contributed by atoms with E-state index in [0.717, 1.165) is 0 Å². The number of likely N-dealkylation sites (N-methyl/N-ethyl adjacent to an activating group) is 1. The minimum atomic E-state index is -1.69.